The van der Waals surface area contributed by atoms with Gasteiger partial charge in [-0.25, -0.2) is 4.79 Å². The molecule has 0 aliphatic carbocycles. The summed E-state index contributed by atoms with van der Waals surface area (Å²) in [6.45, 7) is 0.231. The van der Waals surface area contributed by atoms with Gasteiger partial charge in [-0.2, -0.15) is 5.10 Å². The molecule has 0 bridgehead atoms. The Balaban J connectivity index is 2.19. The molecule has 0 atom stereocenters. The number of carboxylic acid groups (broad SMARTS) is 1. The predicted molar refractivity (Wildman–Crippen MR) is 60.4 cm³/mol. The minimum Gasteiger partial charge on any atom is -0.475 e. The van der Waals surface area contributed by atoms with Gasteiger partial charge in [0.05, 0.1) is 12.8 Å². The zero-order valence-corrected chi connectivity index (χ0v) is 9.58. The SMILES string of the molecule is CNC(=O)c1ccn(Cc2ccoc2C(=O)O)n1. The van der Waals surface area contributed by atoms with Crippen LogP contribution in [0.5, 0.6) is 0 Å². The molecular formula is C11H11N3O4. The second-order valence-corrected chi connectivity index (χ2v) is 3.56. The molecule has 18 heavy (non-hydrogen) atoms. The summed E-state index contributed by atoms with van der Waals surface area (Å²) < 4.78 is 6.33. The molecule has 94 valence electrons. The van der Waals surface area contributed by atoms with Crippen molar-refractivity contribution in [2.24, 2.45) is 0 Å². The molecule has 7 heteroatoms. The van der Waals surface area contributed by atoms with Gasteiger partial charge in [-0.1, -0.05) is 0 Å². The van der Waals surface area contributed by atoms with Crippen LogP contribution in [0.1, 0.15) is 26.6 Å². The second kappa shape index (κ2) is 4.74. The Morgan fingerprint density at radius 2 is 2.28 bits per heavy atom. The summed E-state index contributed by atoms with van der Waals surface area (Å²) in [7, 11) is 1.51. The average Bonchev–Trinajstić information content (AvgIpc) is 2.97. The minimum atomic E-state index is -1.13. The van der Waals surface area contributed by atoms with Gasteiger partial charge >= 0.3 is 5.97 Å². The number of aromatic carboxylic acids is 1. The lowest BCUT2D eigenvalue weighted by atomic mass is 10.2. The van der Waals surface area contributed by atoms with Crippen LogP contribution in [0.2, 0.25) is 0 Å². The fraction of sp³-hybridized carbons (Fsp3) is 0.182. The van der Waals surface area contributed by atoms with Gasteiger partial charge in [-0.3, -0.25) is 9.48 Å². The molecule has 0 spiro atoms. The molecule has 2 heterocycles. The molecule has 0 unspecified atom stereocenters. The molecule has 2 aromatic heterocycles. The van der Waals surface area contributed by atoms with Crippen molar-refractivity contribution in [3.8, 4) is 0 Å². The summed E-state index contributed by atoms with van der Waals surface area (Å²) >= 11 is 0. The highest BCUT2D eigenvalue weighted by atomic mass is 16.4. The third kappa shape index (κ3) is 2.24. The van der Waals surface area contributed by atoms with Gasteiger partial charge < -0.3 is 14.8 Å². The van der Waals surface area contributed by atoms with Crippen LogP contribution in [-0.2, 0) is 6.54 Å². The van der Waals surface area contributed by atoms with E-state index in [1.807, 2.05) is 0 Å². The number of carboxylic acids is 1. The first-order chi connectivity index (χ1) is 8.61. The van der Waals surface area contributed by atoms with E-state index in [-0.39, 0.29) is 23.9 Å². The number of hydrogen-bond acceptors (Lipinski definition) is 4. The number of carbonyl (C=O) groups excluding carboxylic acids is 1. The van der Waals surface area contributed by atoms with Crippen molar-refractivity contribution in [2.75, 3.05) is 7.05 Å². The van der Waals surface area contributed by atoms with Crippen LogP contribution in [0.3, 0.4) is 0 Å². The molecule has 0 aliphatic rings. The molecule has 2 N–H and O–H groups in total. The topological polar surface area (TPSA) is 97.4 Å². The van der Waals surface area contributed by atoms with E-state index < -0.39 is 5.97 Å². The molecule has 2 aromatic rings. The molecule has 0 saturated carbocycles. The van der Waals surface area contributed by atoms with E-state index in [2.05, 4.69) is 10.4 Å². The summed E-state index contributed by atoms with van der Waals surface area (Å²) in [5.74, 6) is -1.54. The number of rotatable bonds is 4. The van der Waals surface area contributed by atoms with E-state index in [4.69, 9.17) is 9.52 Å². The van der Waals surface area contributed by atoms with Gasteiger partial charge in [0.1, 0.15) is 5.69 Å². The van der Waals surface area contributed by atoms with Crippen molar-refractivity contribution >= 4 is 11.9 Å². The van der Waals surface area contributed by atoms with Crippen LogP contribution in [0.4, 0.5) is 0 Å². The van der Waals surface area contributed by atoms with Crippen LogP contribution in [0.15, 0.2) is 29.0 Å². The fourth-order valence-electron chi connectivity index (χ4n) is 1.52. The standard InChI is InChI=1S/C11H11N3O4/c1-12-10(15)8-2-4-14(13-8)6-7-3-5-18-9(7)11(16)17/h2-5H,6H2,1H3,(H,12,15)(H,16,17). The Hall–Kier alpha value is -2.57. The highest BCUT2D eigenvalue weighted by molar-refractivity contribution is 5.91. The second-order valence-electron chi connectivity index (χ2n) is 3.56. The van der Waals surface area contributed by atoms with Crippen LogP contribution < -0.4 is 5.32 Å². The molecule has 1 amide bonds. The number of furan rings is 1. The van der Waals surface area contributed by atoms with Crippen molar-refractivity contribution < 1.29 is 19.1 Å². The van der Waals surface area contributed by atoms with Crippen molar-refractivity contribution in [3.05, 3.63) is 41.6 Å². The molecule has 2 rings (SSSR count). The normalized spacial score (nSPS) is 10.3. The lowest BCUT2D eigenvalue weighted by molar-refractivity contribution is 0.0660. The summed E-state index contributed by atoms with van der Waals surface area (Å²) in [5, 5.41) is 15.4. The molecule has 0 fully saturated rings. The van der Waals surface area contributed by atoms with E-state index >= 15 is 0 Å². The first-order valence-electron chi connectivity index (χ1n) is 5.17. The van der Waals surface area contributed by atoms with Crippen LogP contribution in [0.25, 0.3) is 0 Å². The van der Waals surface area contributed by atoms with E-state index in [0.717, 1.165) is 0 Å². The number of hydrogen-bond donors (Lipinski definition) is 2. The maximum absolute atomic E-state index is 11.3. The Morgan fingerprint density at radius 1 is 1.50 bits per heavy atom. The smallest absolute Gasteiger partial charge is 0.372 e. The van der Waals surface area contributed by atoms with Crippen molar-refractivity contribution in [3.63, 3.8) is 0 Å². The first-order valence-corrected chi connectivity index (χ1v) is 5.17. The maximum atomic E-state index is 11.3. The fourth-order valence-corrected chi connectivity index (χ4v) is 1.52. The van der Waals surface area contributed by atoms with Crippen molar-refractivity contribution in [1.82, 2.24) is 15.1 Å². The molecule has 7 nitrogen and oxygen atoms in total. The molecule has 0 aromatic carbocycles. The van der Waals surface area contributed by atoms with Gasteiger partial charge in [0.2, 0.25) is 5.76 Å². The Labute approximate surface area is 102 Å². The Morgan fingerprint density at radius 3 is 2.94 bits per heavy atom. The van der Waals surface area contributed by atoms with Crippen LogP contribution in [-0.4, -0.2) is 33.8 Å². The quantitative estimate of drug-likeness (QED) is 0.826. The summed E-state index contributed by atoms with van der Waals surface area (Å²) in [6, 6.07) is 3.12. The number of amides is 1. The number of nitrogens with one attached hydrogen (secondary N) is 1. The minimum absolute atomic E-state index is 0.119. The number of aromatic nitrogens is 2. The van der Waals surface area contributed by atoms with Gasteiger partial charge in [0, 0.05) is 18.8 Å². The number of carbonyl (C=O) groups is 2. The van der Waals surface area contributed by atoms with Gasteiger partial charge in [-0.15, -0.1) is 0 Å². The van der Waals surface area contributed by atoms with E-state index in [1.165, 1.54) is 18.0 Å². The van der Waals surface area contributed by atoms with Crippen molar-refractivity contribution in [1.29, 1.82) is 0 Å². The third-order valence-electron chi connectivity index (χ3n) is 2.37. The molecular weight excluding hydrogens is 238 g/mol. The van der Waals surface area contributed by atoms with Crippen molar-refractivity contribution in [2.45, 2.75) is 6.54 Å². The van der Waals surface area contributed by atoms with E-state index in [0.29, 0.717) is 5.56 Å². The first kappa shape index (κ1) is 11.9. The lowest BCUT2D eigenvalue weighted by Crippen LogP contribution is -2.18. The summed E-state index contributed by atoms with van der Waals surface area (Å²) in [6.07, 6.45) is 2.91. The van der Waals surface area contributed by atoms with Gasteiger partial charge in [0.15, 0.2) is 0 Å². The van der Waals surface area contributed by atoms with E-state index in [9.17, 15) is 9.59 Å². The van der Waals surface area contributed by atoms with Crippen LogP contribution in [0, 0.1) is 0 Å². The maximum Gasteiger partial charge on any atom is 0.372 e. The Kier molecular flexibility index (Phi) is 3.13. The Bertz CT molecular complexity index is 585. The molecule has 0 aliphatic heterocycles. The third-order valence-corrected chi connectivity index (χ3v) is 2.37. The zero-order chi connectivity index (χ0) is 13.1. The summed E-state index contributed by atoms with van der Waals surface area (Å²) in [4.78, 5) is 22.2. The van der Waals surface area contributed by atoms with Gasteiger partial charge in [-0.05, 0) is 12.1 Å². The predicted octanol–water partition coefficient (Wildman–Crippen LogP) is 0.582. The number of nitrogens with zero attached hydrogens (tertiary/aromatic N) is 2. The molecule has 0 saturated heterocycles. The average molecular weight is 249 g/mol. The van der Waals surface area contributed by atoms with Gasteiger partial charge in [0.25, 0.3) is 5.91 Å². The highest BCUT2D eigenvalue weighted by Crippen LogP contribution is 2.12. The zero-order valence-electron chi connectivity index (χ0n) is 9.58. The van der Waals surface area contributed by atoms with E-state index in [1.54, 1.807) is 18.3 Å². The largest absolute Gasteiger partial charge is 0.475 e. The monoisotopic (exact) mass is 249 g/mol. The summed E-state index contributed by atoms with van der Waals surface area (Å²) in [5.41, 5.74) is 0.770. The lowest BCUT2D eigenvalue weighted by Gasteiger charge is -2.00. The van der Waals surface area contributed by atoms with Crippen LogP contribution >= 0.6 is 0 Å². The highest BCUT2D eigenvalue weighted by Gasteiger charge is 2.15. The molecule has 0 radical (unpaired) electrons.